The minimum Gasteiger partial charge on any atom is -0.424 e. The summed E-state index contributed by atoms with van der Waals surface area (Å²) >= 11 is 0. The molecule has 5 aromatic rings. The van der Waals surface area contributed by atoms with Gasteiger partial charge in [-0.3, -0.25) is 4.79 Å². The summed E-state index contributed by atoms with van der Waals surface area (Å²) in [5.74, 6) is -1.88. The number of carbonyl (C=O) groups is 1. The van der Waals surface area contributed by atoms with E-state index >= 15 is 0 Å². The number of amides is 1. The molecule has 204 valence electrons. The van der Waals surface area contributed by atoms with Crippen LogP contribution in [-0.2, 0) is 11.8 Å². The number of nitrogen functional groups attached to an aromatic ring is 1. The molecule has 5 rings (SSSR count). The van der Waals surface area contributed by atoms with Gasteiger partial charge in [-0.1, -0.05) is 24.8 Å². The molecule has 9 nitrogen and oxygen atoms in total. The lowest BCUT2D eigenvalue weighted by Crippen LogP contribution is -2.11. The van der Waals surface area contributed by atoms with Gasteiger partial charge in [-0.15, -0.1) is 0 Å². The zero-order valence-corrected chi connectivity index (χ0v) is 22.3. The molecule has 1 amide bonds. The Balaban J connectivity index is 1.66. The fraction of sp³-hybridized carbons (Fsp3) is 0.100. The second kappa shape index (κ2) is 10.5. The number of pyridine rings is 1. The first kappa shape index (κ1) is 27.0. The number of hydrogen-bond donors (Lipinski definition) is 2. The molecule has 0 aliphatic heterocycles. The van der Waals surface area contributed by atoms with Gasteiger partial charge in [-0.25, -0.2) is 18.7 Å². The van der Waals surface area contributed by atoms with Crippen molar-refractivity contribution in [3.8, 4) is 40.2 Å². The third-order valence-electron chi connectivity index (χ3n) is 6.59. The molecule has 11 heteroatoms. The van der Waals surface area contributed by atoms with Crippen LogP contribution in [0, 0.1) is 31.0 Å². The van der Waals surface area contributed by atoms with Crippen LogP contribution >= 0.6 is 0 Å². The number of anilines is 2. The van der Waals surface area contributed by atoms with Crippen LogP contribution in [0.15, 0.2) is 67.3 Å². The van der Waals surface area contributed by atoms with E-state index < -0.39 is 17.6 Å². The molecule has 0 aliphatic rings. The summed E-state index contributed by atoms with van der Waals surface area (Å²) in [6, 6.07) is 14.4. The third-order valence-corrected chi connectivity index (χ3v) is 6.59. The van der Waals surface area contributed by atoms with Gasteiger partial charge in [0.15, 0.2) is 11.6 Å². The summed E-state index contributed by atoms with van der Waals surface area (Å²) in [6.45, 7) is 6.39. The summed E-state index contributed by atoms with van der Waals surface area (Å²) < 4.78 is 34.4. The van der Waals surface area contributed by atoms with Crippen molar-refractivity contribution in [2.45, 2.75) is 13.8 Å². The predicted octanol–water partition coefficient (Wildman–Crippen LogP) is 6.12. The minimum absolute atomic E-state index is 0.00810. The van der Waals surface area contributed by atoms with Crippen LogP contribution in [0.5, 0.6) is 11.8 Å². The molecule has 2 aromatic carbocycles. The van der Waals surface area contributed by atoms with Gasteiger partial charge in [-0.2, -0.15) is 10.2 Å². The molecule has 0 fully saturated rings. The van der Waals surface area contributed by atoms with E-state index in [1.165, 1.54) is 13.1 Å². The molecule has 3 heterocycles. The van der Waals surface area contributed by atoms with Crippen LogP contribution in [0.4, 0.5) is 20.3 Å². The Labute approximate surface area is 233 Å². The van der Waals surface area contributed by atoms with E-state index in [1.54, 1.807) is 30.3 Å². The Bertz CT molecular complexity index is 1910. The summed E-state index contributed by atoms with van der Waals surface area (Å²) in [4.78, 5) is 23.9. The Morgan fingerprint density at radius 3 is 2.51 bits per heavy atom. The maximum atomic E-state index is 13.6. The van der Waals surface area contributed by atoms with Gasteiger partial charge in [0.2, 0.25) is 0 Å². The van der Waals surface area contributed by atoms with E-state index in [2.05, 4.69) is 32.9 Å². The number of benzene rings is 2. The number of nitrogens with two attached hydrogens (primary N) is 1. The maximum Gasteiger partial charge on any atom is 0.322 e. The zero-order valence-electron chi connectivity index (χ0n) is 22.3. The average molecular weight is 552 g/mol. The van der Waals surface area contributed by atoms with E-state index in [9.17, 15) is 18.8 Å². The molecule has 0 bridgehead atoms. The lowest BCUT2D eigenvalue weighted by Gasteiger charge is -2.14. The maximum absolute atomic E-state index is 13.6. The second-order valence-electron chi connectivity index (χ2n) is 9.28. The summed E-state index contributed by atoms with van der Waals surface area (Å²) in [6.07, 6.45) is 2.48. The van der Waals surface area contributed by atoms with Gasteiger partial charge in [0.25, 0.3) is 5.91 Å². The molecule has 0 saturated heterocycles. The smallest absolute Gasteiger partial charge is 0.322 e. The molecule has 0 aliphatic carbocycles. The number of halogens is 2. The van der Waals surface area contributed by atoms with Crippen LogP contribution in [0.2, 0.25) is 0 Å². The highest BCUT2D eigenvalue weighted by Crippen LogP contribution is 2.44. The van der Waals surface area contributed by atoms with Gasteiger partial charge in [0, 0.05) is 30.1 Å². The fourth-order valence-electron chi connectivity index (χ4n) is 4.67. The zero-order chi connectivity index (χ0) is 29.4. The quantitative estimate of drug-likeness (QED) is 0.243. The van der Waals surface area contributed by atoms with E-state index in [-0.39, 0.29) is 17.5 Å². The summed E-state index contributed by atoms with van der Waals surface area (Å²) in [7, 11) is 1.83. The van der Waals surface area contributed by atoms with Gasteiger partial charge in [-0.05, 0) is 49.2 Å². The number of nitrogens with one attached hydrogen (secondary N) is 1. The number of carbonyl (C=O) groups excluding carboxylic acids is 1. The number of aromatic nitrogens is 4. The van der Waals surface area contributed by atoms with E-state index in [0.29, 0.717) is 27.9 Å². The number of fused-ring (bicyclic) bond motifs is 1. The molecular weight excluding hydrogens is 528 g/mol. The molecule has 3 N–H and O–H groups in total. The first-order chi connectivity index (χ1) is 19.6. The van der Waals surface area contributed by atoms with Gasteiger partial charge in [0.1, 0.15) is 17.6 Å². The first-order valence-corrected chi connectivity index (χ1v) is 12.3. The Morgan fingerprint density at radius 2 is 1.88 bits per heavy atom. The highest BCUT2D eigenvalue weighted by atomic mass is 19.1. The highest BCUT2D eigenvalue weighted by Gasteiger charge is 2.24. The molecule has 0 atom stereocenters. The Kier molecular flexibility index (Phi) is 6.90. The average Bonchev–Trinajstić information content (AvgIpc) is 3.25. The highest BCUT2D eigenvalue weighted by molar-refractivity contribution is 6.11. The fourth-order valence-corrected chi connectivity index (χ4v) is 4.67. The van der Waals surface area contributed by atoms with E-state index in [1.807, 2.05) is 30.7 Å². The molecule has 0 spiro atoms. The molecule has 0 radical (unpaired) electrons. The second-order valence-corrected chi connectivity index (χ2v) is 9.28. The summed E-state index contributed by atoms with van der Waals surface area (Å²) in [5, 5.41) is 12.9. The minimum atomic E-state index is -1.09. The van der Waals surface area contributed by atoms with Crippen molar-refractivity contribution in [1.29, 1.82) is 5.26 Å². The standard InChI is InChI=1S/C30H23F2N7O2/c1-15-11-20(38-29(40)16(2)31)7-10-22(15)27-24(25-26(39(27)4)19(12-33)13-35-28(25)34)18-5-8-21(9-6-18)41-30-36-14-23(32)17(3)37-30/h5-11,13-14H,2H2,1,3-4H3,(H2,34,35)(H,38,40). The van der Waals surface area contributed by atoms with Gasteiger partial charge < -0.3 is 20.4 Å². The molecule has 0 saturated carbocycles. The number of nitriles is 1. The van der Waals surface area contributed by atoms with Crippen molar-refractivity contribution in [3.63, 3.8) is 0 Å². The Morgan fingerprint density at radius 1 is 1.15 bits per heavy atom. The Hall–Kier alpha value is -5.63. The molecule has 3 aromatic heterocycles. The van der Waals surface area contributed by atoms with Crippen LogP contribution in [0.25, 0.3) is 33.3 Å². The largest absolute Gasteiger partial charge is 0.424 e. The van der Waals surface area contributed by atoms with Crippen molar-refractivity contribution >= 4 is 28.3 Å². The normalized spacial score (nSPS) is 10.8. The lowest BCUT2D eigenvalue weighted by molar-refractivity contribution is -0.114. The van der Waals surface area contributed by atoms with Crippen molar-refractivity contribution in [2.75, 3.05) is 11.1 Å². The van der Waals surface area contributed by atoms with Crippen molar-refractivity contribution in [2.24, 2.45) is 7.05 Å². The van der Waals surface area contributed by atoms with Crippen molar-refractivity contribution < 1.29 is 18.3 Å². The third kappa shape index (κ3) is 4.94. The van der Waals surface area contributed by atoms with Crippen LogP contribution < -0.4 is 15.8 Å². The number of nitrogens with zero attached hydrogens (tertiary/aromatic N) is 5. The molecule has 0 unspecified atom stereocenters. The summed E-state index contributed by atoms with van der Waals surface area (Å²) in [5.41, 5.74) is 11.7. The van der Waals surface area contributed by atoms with Crippen molar-refractivity contribution in [3.05, 3.63) is 89.9 Å². The number of ether oxygens (including phenoxy) is 1. The topological polar surface area (TPSA) is 132 Å². The van der Waals surface area contributed by atoms with Crippen LogP contribution in [0.3, 0.4) is 0 Å². The van der Waals surface area contributed by atoms with Crippen molar-refractivity contribution in [1.82, 2.24) is 19.5 Å². The number of aryl methyl sites for hydroxylation is 3. The predicted molar refractivity (Wildman–Crippen MR) is 151 cm³/mol. The van der Waals surface area contributed by atoms with Gasteiger partial charge in [0.05, 0.1) is 34.1 Å². The molecule has 41 heavy (non-hydrogen) atoms. The van der Waals surface area contributed by atoms with E-state index in [4.69, 9.17) is 10.5 Å². The van der Waals surface area contributed by atoms with E-state index in [0.717, 1.165) is 34.1 Å². The number of hydrogen-bond acceptors (Lipinski definition) is 7. The molecular formula is C30H23F2N7O2. The van der Waals surface area contributed by atoms with Crippen LogP contribution in [0.1, 0.15) is 16.8 Å². The monoisotopic (exact) mass is 551 g/mol. The number of rotatable bonds is 6. The SMILES string of the molecule is C=C(F)C(=O)Nc1ccc(-c2c(-c3ccc(Oc4ncc(F)c(C)n4)cc3)c3c(N)ncc(C#N)c3n2C)c(C)c1. The van der Waals surface area contributed by atoms with Crippen LogP contribution in [-0.4, -0.2) is 25.4 Å². The first-order valence-electron chi connectivity index (χ1n) is 12.3. The lowest BCUT2D eigenvalue weighted by atomic mass is 9.95. The van der Waals surface area contributed by atoms with Gasteiger partial charge >= 0.3 is 6.01 Å².